The van der Waals surface area contributed by atoms with Crippen LogP contribution in [0.5, 0.6) is 0 Å². The number of hydrogen-bond acceptors (Lipinski definition) is 4. The molecular weight excluding hydrogens is 236 g/mol. The molecule has 4 nitrogen and oxygen atoms in total. The lowest BCUT2D eigenvalue weighted by atomic mass is 9.93. The van der Waals surface area contributed by atoms with Crippen LogP contribution in [0.1, 0.15) is 30.9 Å². The Morgan fingerprint density at radius 2 is 2.16 bits per heavy atom. The number of anilines is 1. The highest BCUT2D eigenvalue weighted by atomic mass is 15.2. The molecule has 19 heavy (non-hydrogen) atoms. The van der Waals surface area contributed by atoms with Crippen LogP contribution in [0.4, 0.5) is 5.69 Å². The van der Waals surface area contributed by atoms with E-state index in [0.717, 1.165) is 25.1 Å². The largest absolute Gasteiger partial charge is 0.385 e. The minimum absolute atomic E-state index is 0.284. The molecule has 0 fully saturated rings. The van der Waals surface area contributed by atoms with E-state index >= 15 is 0 Å². The van der Waals surface area contributed by atoms with Gasteiger partial charge in [0.2, 0.25) is 0 Å². The van der Waals surface area contributed by atoms with Crippen molar-refractivity contribution in [3.05, 3.63) is 29.3 Å². The highest BCUT2D eigenvalue weighted by molar-refractivity contribution is 6.05. The van der Waals surface area contributed by atoms with Gasteiger partial charge in [-0.1, -0.05) is 13.0 Å². The molecule has 4 heteroatoms. The van der Waals surface area contributed by atoms with Crippen LogP contribution >= 0.6 is 0 Å². The van der Waals surface area contributed by atoms with Crippen molar-refractivity contribution in [2.45, 2.75) is 26.2 Å². The Hall–Kier alpha value is -1.84. The number of benzene rings is 1. The molecule has 0 saturated carbocycles. The maximum absolute atomic E-state index is 5.78. The minimum atomic E-state index is 0.284. The summed E-state index contributed by atoms with van der Waals surface area (Å²) >= 11 is 0. The molecule has 0 spiro atoms. The summed E-state index contributed by atoms with van der Waals surface area (Å²) in [5.74, 6) is 0.924. The number of nitrogens with zero attached hydrogens (tertiary/aromatic N) is 3. The SMILES string of the molecule is CC1CC(c2ccc3c(c2)CCCN3C)=NN=C1N. The summed E-state index contributed by atoms with van der Waals surface area (Å²) in [7, 11) is 2.16. The highest BCUT2D eigenvalue weighted by Gasteiger charge is 2.19. The lowest BCUT2D eigenvalue weighted by molar-refractivity contribution is 0.743. The van der Waals surface area contributed by atoms with Crippen LogP contribution in [0.2, 0.25) is 0 Å². The zero-order valence-corrected chi connectivity index (χ0v) is 11.6. The van der Waals surface area contributed by atoms with E-state index in [-0.39, 0.29) is 5.92 Å². The van der Waals surface area contributed by atoms with Gasteiger partial charge in [-0.15, -0.1) is 5.10 Å². The predicted octanol–water partition coefficient (Wildman–Crippen LogP) is 2.17. The number of rotatable bonds is 1. The lowest BCUT2D eigenvalue weighted by Crippen LogP contribution is -2.27. The van der Waals surface area contributed by atoms with Crippen molar-refractivity contribution in [2.75, 3.05) is 18.5 Å². The fraction of sp³-hybridized carbons (Fsp3) is 0.467. The molecule has 1 atom stereocenters. The van der Waals surface area contributed by atoms with Crippen LogP contribution in [0.3, 0.4) is 0 Å². The standard InChI is InChI=1S/C15H20N4/c1-10-8-13(17-18-15(10)16)11-5-6-14-12(9-11)4-3-7-19(14)2/h5-6,9-10H,3-4,7-8H2,1-2H3,(H2,16,18). The average molecular weight is 256 g/mol. The van der Waals surface area contributed by atoms with Gasteiger partial charge in [0.1, 0.15) is 5.84 Å². The van der Waals surface area contributed by atoms with E-state index in [1.54, 1.807) is 0 Å². The second-order valence-electron chi connectivity index (χ2n) is 5.55. The van der Waals surface area contributed by atoms with Crippen molar-refractivity contribution in [3.63, 3.8) is 0 Å². The van der Waals surface area contributed by atoms with Crippen LogP contribution in [-0.4, -0.2) is 25.1 Å². The Morgan fingerprint density at radius 1 is 1.32 bits per heavy atom. The molecule has 1 aromatic carbocycles. The summed E-state index contributed by atoms with van der Waals surface area (Å²) in [5.41, 5.74) is 10.8. The summed E-state index contributed by atoms with van der Waals surface area (Å²) in [4.78, 5) is 2.32. The Balaban J connectivity index is 1.95. The molecule has 2 aliphatic heterocycles. The minimum Gasteiger partial charge on any atom is -0.385 e. The monoisotopic (exact) mass is 256 g/mol. The number of amidine groups is 1. The first-order chi connectivity index (χ1) is 9.15. The third kappa shape index (κ3) is 2.23. The summed E-state index contributed by atoms with van der Waals surface area (Å²) in [5, 5.41) is 8.33. The molecule has 0 aliphatic carbocycles. The summed E-state index contributed by atoms with van der Waals surface area (Å²) in [6.07, 6.45) is 3.26. The molecule has 2 heterocycles. The van der Waals surface area contributed by atoms with E-state index in [4.69, 9.17) is 5.73 Å². The summed E-state index contributed by atoms with van der Waals surface area (Å²) < 4.78 is 0. The summed E-state index contributed by atoms with van der Waals surface area (Å²) in [6, 6.07) is 6.63. The fourth-order valence-corrected chi connectivity index (χ4v) is 2.79. The molecular formula is C15H20N4. The molecule has 2 aliphatic rings. The van der Waals surface area contributed by atoms with Crippen LogP contribution in [-0.2, 0) is 6.42 Å². The van der Waals surface area contributed by atoms with Gasteiger partial charge in [0.05, 0.1) is 5.71 Å². The molecule has 3 rings (SSSR count). The van der Waals surface area contributed by atoms with Crippen LogP contribution in [0.25, 0.3) is 0 Å². The molecule has 0 saturated heterocycles. The zero-order chi connectivity index (χ0) is 13.4. The van der Waals surface area contributed by atoms with Crippen molar-refractivity contribution >= 4 is 17.2 Å². The van der Waals surface area contributed by atoms with Crippen molar-refractivity contribution in [1.29, 1.82) is 0 Å². The Kier molecular flexibility index (Phi) is 3.01. The Labute approximate surface area is 114 Å². The third-order valence-electron chi connectivity index (χ3n) is 4.05. The van der Waals surface area contributed by atoms with Gasteiger partial charge in [-0.25, -0.2) is 0 Å². The van der Waals surface area contributed by atoms with Crippen LogP contribution in [0, 0.1) is 5.92 Å². The Bertz CT molecular complexity index is 559. The molecule has 0 radical (unpaired) electrons. The molecule has 2 N–H and O–H groups in total. The molecule has 0 amide bonds. The molecule has 1 unspecified atom stereocenters. The van der Waals surface area contributed by atoms with Gasteiger partial charge >= 0.3 is 0 Å². The van der Waals surface area contributed by atoms with Gasteiger partial charge in [-0.3, -0.25) is 0 Å². The van der Waals surface area contributed by atoms with Crippen LogP contribution < -0.4 is 10.6 Å². The maximum atomic E-state index is 5.78. The van der Waals surface area contributed by atoms with Gasteiger partial charge in [-0.05, 0) is 36.1 Å². The molecule has 0 bridgehead atoms. The zero-order valence-electron chi connectivity index (χ0n) is 11.6. The van der Waals surface area contributed by atoms with Gasteiger partial charge in [-0.2, -0.15) is 5.10 Å². The number of fused-ring (bicyclic) bond motifs is 1. The van der Waals surface area contributed by atoms with Gasteiger partial charge in [0.25, 0.3) is 0 Å². The number of aryl methyl sites for hydroxylation is 1. The quantitative estimate of drug-likeness (QED) is 0.837. The predicted molar refractivity (Wildman–Crippen MR) is 80.0 cm³/mol. The molecule has 100 valence electrons. The van der Waals surface area contributed by atoms with Gasteiger partial charge in [0, 0.05) is 31.6 Å². The Morgan fingerprint density at radius 3 is 2.95 bits per heavy atom. The van der Waals surface area contributed by atoms with E-state index in [1.165, 1.54) is 23.2 Å². The first-order valence-corrected chi connectivity index (χ1v) is 6.89. The van der Waals surface area contributed by atoms with Crippen molar-refractivity contribution in [1.82, 2.24) is 0 Å². The normalized spacial score (nSPS) is 22.6. The van der Waals surface area contributed by atoms with E-state index in [1.807, 2.05) is 0 Å². The lowest BCUT2D eigenvalue weighted by Gasteiger charge is -2.28. The van der Waals surface area contributed by atoms with E-state index in [2.05, 4.69) is 47.3 Å². The first-order valence-electron chi connectivity index (χ1n) is 6.89. The van der Waals surface area contributed by atoms with Crippen LogP contribution in [0.15, 0.2) is 28.4 Å². The molecule has 0 aromatic heterocycles. The maximum Gasteiger partial charge on any atom is 0.125 e. The first kappa shape index (κ1) is 12.2. The van der Waals surface area contributed by atoms with Gasteiger partial charge in [0.15, 0.2) is 0 Å². The second-order valence-corrected chi connectivity index (χ2v) is 5.55. The average Bonchev–Trinajstić information content (AvgIpc) is 2.42. The van der Waals surface area contributed by atoms with E-state index in [9.17, 15) is 0 Å². The topological polar surface area (TPSA) is 54.0 Å². The summed E-state index contributed by atoms with van der Waals surface area (Å²) in [6.45, 7) is 3.24. The van der Waals surface area contributed by atoms with Gasteiger partial charge < -0.3 is 10.6 Å². The van der Waals surface area contributed by atoms with E-state index < -0.39 is 0 Å². The third-order valence-corrected chi connectivity index (χ3v) is 4.05. The van der Waals surface area contributed by atoms with Crippen molar-refractivity contribution < 1.29 is 0 Å². The number of nitrogens with two attached hydrogens (primary N) is 1. The smallest absolute Gasteiger partial charge is 0.125 e. The van der Waals surface area contributed by atoms with E-state index in [0.29, 0.717) is 5.84 Å². The van der Waals surface area contributed by atoms with Crippen molar-refractivity contribution in [3.8, 4) is 0 Å². The highest BCUT2D eigenvalue weighted by Crippen LogP contribution is 2.28. The van der Waals surface area contributed by atoms with Crippen molar-refractivity contribution in [2.24, 2.45) is 21.9 Å². The molecule has 1 aromatic rings. The number of hydrogen-bond donors (Lipinski definition) is 1. The fourth-order valence-electron chi connectivity index (χ4n) is 2.79. The second kappa shape index (κ2) is 4.68.